The molecule has 1 aromatic heterocycles. The van der Waals surface area contributed by atoms with Crippen LogP contribution in [-0.4, -0.2) is 53.0 Å². The zero-order valence-electron chi connectivity index (χ0n) is 14.6. The standard InChI is InChI=1S/C16H20F3N5O2/c1-10-6-11(2)22-14(21-10)24-5-3-4-15(9-24)7-12(23-26-15)13(25)20-8-16(17,18)19/h6H,3-5,7-9H2,1-2H3,(H,20,25)/t15-/m1/s1. The zero-order valence-corrected chi connectivity index (χ0v) is 14.6. The van der Waals surface area contributed by atoms with Crippen molar-refractivity contribution < 1.29 is 22.8 Å². The summed E-state index contributed by atoms with van der Waals surface area (Å²) in [5.74, 6) is -0.265. The minimum Gasteiger partial charge on any atom is -0.386 e. The Hall–Kier alpha value is -2.39. The molecule has 142 valence electrons. The average molecular weight is 371 g/mol. The van der Waals surface area contributed by atoms with E-state index in [1.165, 1.54) is 0 Å². The van der Waals surface area contributed by atoms with Crippen LogP contribution in [0.4, 0.5) is 19.1 Å². The molecule has 0 saturated carbocycles. The van der Waals surface area contributed by atoms with Crippen LogP contribution in [0.25, 0.3) is 0 Å². The van der Waals surface area contributed by atoms with Crippen LogP contribution in [0, 0.1) is 13.8 Å². The first-order valence-corrected chi connectivity index (χ1v) is 8.33. The van der Waals surface area contributed by atoms with Gasteiger partial charge >= 0.3 is 6.18 Å². The van der Waals surface area contributed by atoms with Crippen molar-refractivity contribution in [1.29, 1.82) is 0 Å². The summed E-state index contributed by atoms with van der Waals surface area (Å²) in [6, 6.07) is 1.88. The topological polar surface area (TPSA) is 79.7 Å². The molecule has 0 radical (unpaired) electrons. The van der Waals surface area contributed by atoms with Gasteiger partial charge in [-0.3, -0.25) is 4.79 Å². The fourth-order valence-corrected chi connectivity index (χ4v) is 3.26. The van der Waals surface area contributed by atoms with E-state index in [2.05, 4.69) is 15.1 Å². The number of halogens is 3. The predicted octanol–water partition coefficient (Wildman–Crippen LogP) is 1.89. The fraction of sp³-hybridized carbons (Fsp3) is 0.625. The molecule has 3 heterocycles. The van der Waals surface area contributed by atoms with E-state index in [1.54, 1.807) is 0 Å². The van der Waals surface area contributed by atoms with E-state index in [4.69, 9.17) is 4.84 Å². The van der Waals surface area contributed by atoms with Crippen LogP contribution >= 0.6 is 0 Å². The van der Waals surface area contributed by atoms with Crippen LogP contribution < -0.4 is 10.2 Å². The highest BCUT2D eigenvalue weighted by molar-refractivity contribution is 6.39. The van der Waals surface area contributed by atoms with E-state index in [0.717, 1.165) is 24.4 Å². The van der Waals surface area contributed by atoms with Crippen LogP contribution in [0.1, 0.15) is 30.7 Å². The number of nitrogens with zero attached hydrogens (tertiary/aromatic N) is 4. The largest absolute Gasteiger partial charge is 0.405 e. The molecule has 7 nitrogen and oxygen atoms in total. The minimum atomic E-state index is -4.46. The molecule has 1 N–H and O–H groups in total. The molecular weight excluding hydrogens is 351 g/mol. The van der Waals surface area contributed by atoms with Crippen LogP contribution in [0.5, 0.6) is 0 Å². The predicted molar refractivity (Wildman–Crippen MR) is 87.9 cm³/mol. The second-order valence-electron chi connectivity index (χ2n) is 6.76. The molecule has 0 bridgehead atoms. The molecular formula is C16H20F3N5O2. The molecule has 0 unspecified atom stereocenters. The second kappa shape index (κ2) is 6.73. The molecule has 26 heavy (non-hydrogen) atoms. The van der Waals surface area contributed by atoms with Gasteiger partial charge in [-0.2, -0.15) is 13.2 Å². The summed E-state index contributed by atoms with van der Waals surface area (Å²) in [7, 11) is 0. The van der Waals surface area contributed by atoms with E-state index >= 15 is 0 Å². The third-order valence-electron chi connectivity index (χ3n) is 4.34. The summed E-state index contributed by atoms with van der Waals surface area (Å²) in [5, 5.41) is 5.58. The van der Waals surface area contributed by atoms with Gasteiger partial charge in [-0.25, -0.2) is 9.97 Å². The number of hydrogen-bond acceptors (Lipinski definition) is 6. The van der Waals surface area contributed by atoms with Crippen molar-refractivity contribution in [3.05, 3.63) is 17.5 Å². The van der Waals surface area contributed by atoms with Gasteiger partial charge in [-0.1, -0.05) is 5.16 Å². The van der Waals surface area contributed by atoms with Crippen LogP contribution in [-0.2, 0) is 9.63 Å². The molecule has 2 aliphatic heterocycles. The smallest absolute Gasteiger partial charge is 0.386 e. The van der Waals surface area contributed by atoms with Crippen LogP contribution in [0.2, 0.25) is 0 Å². The Labute approximate surface area is 148 Å². The van der Waals surface area contributed by atoms with Gasteiger partial charge in [0, 0.05) is 24.4 Å². The van der Waals surface area contributed by atoms with Gasteiger partial charge in [0.05, 0.1) is 6.54 Å². The summed E-state index contributed by atoms with van der Waals surface area (Å²) in [4.78, 5) is 28.3. The molecule has 1 fully saturated rings. The van der Waals surface area contributed by atoms with Crippen LogP contribution in [0.15, 0.2) is 11.2 Å². The number of piperidine rings is 1. The number of oxime groups is 1. The number of amides is 1. The molecule has 10 heteroatoms. The first kappa shape index (κ1) is 18.4. The molecule has 2 aliphatic rings. The van der Waals surface area contributed by atoms with Gasteiger partial charge < -0.3 is 15.1 Å². The number of carbonyl (C=O) groups is 1. The highest BCUT2D eigenvalue weighted by Gasteiger charge is 2.45. The average Bonchev–Trinajstić information content (AvgIpc) is 2.94. The van der Waals surface area contributed by atoms with Crippen molar-refractivity contribution in [3.8, 4) is 0 Å². The molecule has 3 rings (SSSR count). The lowest BCUT2D eigenvalue weighted by Gasteiger charge is -2.38. The lowest BCUT2D eigenvalue weighted by atomic mass is 9.88. The molecule has 0 aromatic carbocycles. The Kier molecular flexibility index (Phi) is 4.76. The Morgan fingerprint density at radius 1 is 1.35 bits per heavy atom. The summed E-state index contributed by atoms with van der Waals surface area (Å²) in [5.41, 5.74) is 0.952. The van der Waals surface area contributed by atoms with Gasteiger partial charge in [-0.15, -0.1) is 0 Å². The highest BCUT2D eigenvalue weighted by atomic mass is 19.4. The van der Waals surface area contributed by atoms with Crippen molar-refractivity contribution in [2.75, 3.05) is 24.5 Å². The van der Waals surface area contributed by atoms with Crippen molar-refractivity contribution >= 4 is 17.6 Å². The number of nitrogens with one attached hydrogen (secondary N) is 1. The lowest BCUT2D eigenvalue weighted by molar-refractivity contribution is -0.134. The zero-order chi connectivity index (χ0) is 18.9. The van der Waals surface area contributed by atoms with Gasteiger partial charge in [0.2, 0.25) is 5.95 Å². The van der Waals surface area contributed by atoms with Crippen molar-refractivity contribution in [3.63, 3.8) is 0 Å². The fourth-order valence-electron chi connectivity index (χ4n) is 3.26. The first-order valence-electron chi connectivity index (χ1n) is 8.33. The lowest BCUT2D eigenvalue weighted by Crippen LogP contribution is -2.50. The molecule has 1 saturated heterocycles. The van der Waals surface area contributed by atoms with E-state index < -0.39 is 24.2 Å². The normalized spacial score (nSPS) is 23.0. The molecule has 1 spiro atoms. The Bertz CT molecular complexity index is 717. The SMILES string of the molecule is Cc1cc(C)nc(N2CCC[C@@]3(CC(C(=O)NCC(F)(F)F)=NO3)C2)n1. The molecule has 1 amide bonds. The minimum absolute atomic E-state index is 0.0163. The van der Waals surface area contributed by atoms with Gasteiger partial charge in [-0.05, 0) is 32.8 Å². The number of alkyl halides is 3. The number of hydrogen-bond donors (Lipinski definition) is 1. The molecule has 1 atom stereocenters. The summed E-state index contributed by atoms with van der Waals surface area (Å²) in [6.07, 6.45) is -2.86. The highest BCUT2D eigenvalue weighted by Crippen LogP contribution is 2.34. The maximum Gasteiger partial charge on any atom is 0.405 e. The second-order valence-corrected chi connectivity index (χ2v) is 6.76. The molecule has 0 aliphatic carbocycles. The Morgan fingerprint density at radius 2 is 2.04 bits per heavy atom. The summed E-state index contributed by atoms with van der Waals surface area (Å²) in [6.45, 7) is 3.55. The number of rotatable bonds is 3. The van der Waals surface area contributed by atoms with Crippen molar-refractivity contribution in [2.24, 2.45) is 5.16 Å². The maximum absolute atomic E-state index is 12.2. The molecule has 1 aromatic rings. The van der Waals surface area contributed by atoms with Crippen LogP contribution in [0.3, 0.4) is 0 Å². The first-order chi connectivity index (χ1) is 12.2. The summed E-state index contributed by atoms with van der Waals surface area (Å²) < 4.78 is 36.7. The van der Waals surface area contributed by atoms with Gasteiger partial charge in [0.15, 0.2) is 5.60 Å². The monoisotopic (exact) mass is 371 g/mol. The van der Waals surface area contributed by atoms with Gasteiger partial charge in [0.25, 0.3) is 5.91 Å². The Morgan fingerprint density at radius 3 is 2.69 bits per heavy atom. The van der Waals surface area contributed by atoms with E-state index in [-0.39, 0.29) is 12.1 Å². The maximum atomic E-state index is 12.2. The number of aromatic nitrogens is 2. The van der Waals surface area contributed by atoms with E-state index in [1.807, 2.05) is 30.1 Å². The number of aryl methyl sites for hydroxylation is 2. The number of carbonyl (C=O) groups excluding carboxylic acids is 1. The van der Waals surface area contributed by atoms with Gasteiger partial charge in [0.1, 0.15) is 12.3 Å². The summed E-state index contributed by atoms with van der Waals surface area (Å²) >= 11 is 0. The quantitative estimate of drug-likeness (QED) is 0.878. The van der Waals surface area contributed by atoms with E-state index in [0.29, 0.717) is 18.9 Å². The van der Waals surface area contributed by atoms with Crippen molar-refractivity contribution in [2.45, 2.75) is 44.9 Å². The third kappa shape index (κ3) is 4.23. The number of anilines is 1. The van der Waals surface area contributed by atoms with Crippen molar-refractivity contribution in [1.82, 2.24) is 15.3 Å². The third-order valence-corrected chi connectivity index (χ3v) is 4.34. The van der Waals surface area contributed by atoms with E-state index in [9.17, 15) is 18.0 Å². The Balaban J connectivity index is 1.66.